The number of piperidine rings is 1. The van der Waals surface area contributed by atoms with E-state index in [4.69, 9.17) is 22.1 Å². The molecule has 2 aromatic heterocycles. The smallest absolute Gasteiger partial charge is 0.418 e. The summed E-state index contributed by atoms with van der Waals surface area (Å²) >= 11 is 6.54. The van der Waals surface area contributed by atoms with E-state index in [0.29, 0.717) is 38.3 Å². The predicted octanol–water partition coefficient (Wildman–Crippen LogP) is 4.63. The Morgan fingerprint density at radius 1 is 1.19 bits per heavy atom. The number of rotatable bonds is 5. The Bertz CT molecular complexity index is 1560. The first-order valence-corrected chi connectivity index (χ1v) is 14.1. The van der Waals surface area contributed by atoms with E-state index in [9.17, 15) is 18.0 Å². The van der Waals surface area contributed by atoms with Crippen molar-refractivity contribution in [2.45, 2.75) is 57.8 Å². The van der Waals surface area contributed by atoms with E-state index >= 15 is 4.39 Å². The normalized spacial score (nSPS) is 24.3. The van der Waals surface area contributed by atoms with E-state index in [2.05, 4.69) is 25.6 Å². The number of nitrogens with zero attached hydrogens (tertiary/aromatic N) is 4. The lowest BCUT2D eigenvalue weighted by atomic mass is 9.83. The molecule has 3 aromatic rings. The number of piperazine rings is 1. The van der Waals surface area contributed by atoms with Crippen LogP contribution in [0.4, 0.5) is 29.2 Å². The van der Waals surface area contributed by atoms with E-state index in [1.165, 1.54) is 13.0 Å². The van der Waals surface area contributed by atoms with Crippen LogP contribution in [-0.2, 0) is 11.0 Å². The molecular weight excluding hydrogens is 578 g/mol. The van der Waals surface area contributed by atoms with Crippen LogP contribution in [-0.4, -0.2) is 59.2 Å². The van der Waals surface area contributed by atoms with Crippen LogP contribution in [0.1, 0.15) is 43.7 Å². The number of benzene rings is 1. The monoisotopic (exact) mass is 607 g/mol. The molecule has 42 heavy (non-hydrogen) atoms. The van der Waals surface area contributed by atoms with Crippen LogP contribution in [0.3, 0.4) is 0 Å². The molecule has 3 fully saturated rings. The van der Waals surface area contributed by atoms with E-state index in [-0.39, 0.29) is 57.9 Å². The standard InChI is InChI=1S/C28H30ClF4N7O2/c1-13-7-18(34)37-24(21(13)28(31,32)33)20-17(29)8-16-23(22(20)30)38-26(42-12-27(2)6-5-19(41)35-11-27)39-25(16)40-9-14-3-4-15(10-40)36-14/h7-8,14-15,36H,3-6,9-12H2,1-2H3,(H2,34,37)(H,35,41). The fourth-order valence-electron chi connectivity index (χ4n) is 6.16. The van der Waals surface area contributed by atoms with Crippen molar-refractivity contribution in [1.82, 2.24) is 25.6 Å². The molecule has 0 aliphatic carbocycles. The number of carbonyl (C=O) groups is 1. The minimum atomic E-state index is -4.85. The van der Waals surface area contributed by atoms with Gasteiger partial charge in [-0.3, -0.25) is 4.79 Å². The molecule has 0 radical (unpaired) electrons. The zero-order valence-corrected chi connectivity index (χ0v) is 23.8. The molecule has 3 aliphatic heterocycles. The summed E-state index contributed by atoms with van der Waals surface area (Å²) < 4.78 is 65.0. The van der Waals surface area contributed by atoms with Gasteiger partial charge in [-0.25, -0.2) is 9.37 Å². The Morgan fingerprint density at radius 3 is 2.55 bits per heavy atom. The van der Waals surface area contributed by atoms with Crippen LogP contribution >= 0.6 is 11.6 Å². The first kappa shape index (κ1) is 28.7. The molecule has 0 spiro atoms. The van der Waals surface area contributed by atoms with Gasteiger partial charge >= 0.3 is 12.2 Å². The molecule has 224 valence electrons. The Labute approximate surface area is 244 Å². The van der Waals surface area contributed by atoms with Gasteiger partial charge in [0.15, 0.2) is 5.82 Å². The largest absolute Gasteiger partial charge is 0.463 e. The maximum absolute atomic E-state index is 16.5. The number of carbonyl (C=O) groups excluding carboxylic acids is 1. The molecule has 14 heteroatoms. The van der Waals surface area contributed by atoms with Crippen LogP contribution in [0.25, 0.3) is 22.2 Å². The molecule has 3 saturated heterocycles. The molecule has 9 nitrogen and oxygen atoms in total. The lowest BCUT2D eigenvalue weighted by Gasteiger charge is -2.35. The minimum absolute atomic E-state index is 0.0415. The highest BCUT2D eigenvalue weighted by molar-refractivity contribution is 6.34. The first-order chi connectivity index (χ1) is 19.8. The second-order valence-corrected chi connectivity index (χ2v) is 12.2. The summed E-state index contributed by atoms with van der Waals surface area (Å²) in [5.74, 6) is -0.943. The van der Waals surface area contributed by atoms with Gasteiger partial charge in [0.1, 0.15) is 17.2 Å². The van der Waals surface area contributed by atoms with Crippen molar-refractivity contribution in [2.24, 2.45) is 5.41 Å². The number of pyridine rings is 1. The van der Waals surface area contributed by atoms with Crippen LogP contribution < -0.4 is 26.0 Å². The number of ether oxygens (including phenoxy) is 1. The lowest BCUT2D eigenvalue weighted by Crippen LogP contribution is -2.51. The van der Waals surface area contributed by atoms with Gasteiger partial charge in [-0.15, -0.1) is 0 Å². The number of amides is 1. The summed E-state index contributed by atoms with van der Waals surface area (Å²) in [6.07, 6.45) is -1.96. The maximum Gasteiger partial charge on any atom is 0.418 e. The summed E-state index contributed by atoms with van der Waals surface area (Å²) in [6, 6.07) is 2.78. The number of alkyl halides is 3. The van der Waals surface area contributed by atoms with Crippen molar-refractivity contribution in [3.63, 3.8) is 0 Å². The Kier molecular flexibility index (Phi) is 7.08. The lowest BCUT2D eigenvalue weighted by molar-refractivity contribution is -0.137. The summed E-state index contributed by atoms with van der Waals surface area (Å²) in [7, 11) is 0. The zero-order valence-electron chi connectivity index (χ0n) is 23.0. The van der Waals surface area contributed by atoms with E-state index in [1.54, 1.807) is 0 Å². The molecule has 3 aliphatic rings. The minimum Gasteiger partial charge on any atom is -0.463 e. The molecule has 5 heterocycles. The van der Waals surface area contributed by atoms with Gasteiger partial charge in [-0.1, -0.05) is 18.5 Å². The van der Waals surface area contributed by atoms with E-state index in [0.717, 1.165) is 18.9 Å². The van der Waals surface area contributed by atoms with Crippen molar-refractivity contribution >= 4 is 40.0 Å². The number of nitrogens with two attached hydrogens (primary N) is 1. The van der Waals surface area contributed by atoms with Gasteiger partial charge in [0.2, 0.25) is 5.91 Å². The van der Waals surface area contributed by atoms with Gasteiger partial charge < -0.3 is 26.0 Å². The van der Waals surface area contributed by atoms with Crippen molar-refractivity contribution in [3.05, 3.63) is 34.1 Å². The molecule has 1 aromatic carbocycles. The third-order valence-electron chi connectivity index (χ3n) is 8.33. The Hall–Kier alpha value is -3.45. The SMILES string of the molecule is Cc1cc(N)nc(-c2c(Cl)cc3c(N4CC5CCC(C4)N5)nc(OCC4(C)CCC(=O)NC4)nc3c2F)c1C(F)(F)F. The highest BCUT2D eigenvalue weighted by Gasteiger charge is 2.39. The predicted molar refractivity (Wildman–Crippen MR) is 150 cm³/mol. The molecule has 0 saturated carbocycles. The number of nitrogens with one attached hydrogen (secondary N) is 2. The van der Waals surface area contributed by atoms with Gasteiger partial charge in [0.25, 0.3) is 0 Å². The number of fused-ring (bicyclic) bond motifs is 3. The summed E-state index contributed by atoms with van der Waals surface area (Å²) in [6.45, 7) is 4.91. The van der Waals surface area contributed by atoms with E-state index in [1.807, 2.05) is 11.8 Å². The van der Waals surface area contributed by atoms with Crippen molar-refractivity contribution < 1.29 is 27.1 Å². The third-order valence-corrected chi connectivity index (χ3v) is 8.63. The second-order valence-electron chi connectivity index (χ2n) is 11.8. The third kappa shape index (κ3) is 5.28. The van der Waals surface area contributed by atoms with Gasteiger partial charge in [-0.2, -0.15) is 23.1 Å². The van der Waals surface area contributed by atoms with Crippen LogP contribution in [0.15, 0.2) is 12.1 Å². The molecule has 1 amide bonds. The number of aryl methyl sites for hydroxylation is 1. The van der Waals surface area contributed by atoms with Crippen molar-refractivity contribution in [2.75, 3.05) is 36.9 Å². The van der Waals surface area contributed by atoms with Crippen LogP contribution in [0.2, 0.25) is 5.02 Å². The van der Waals surface area contributed by atoms with Crippen molar-refractivity contribution in [1.29, 1.82) is 0 Å². The molecule has 4 N–H and O–H groups in total. The van der Waals surface area contributed by atoms with Gasteiger partial charge in [0, 0.05) is 48.9 Å². The van der Waals surface area contributed by atoms with E-state index < -0.39 is 34.2 Å². The Morgan fingerprint density at radius 2 is 1.90 bits per heavy atom. The molecule has 6 rings (SSSR count). The average Bonchev–Trinajstić information content (AvgIpc) is 3.25. The fraction of sp³-hybridized carbons (Fsp3) is 0.500. The van der Waals surface area contributed by atoms with Gasteiger partial charge in [-0.05, 0) is 43.9 Å². The molecular formula is C28H30ClF4N7O2. The van der Waals surface area contributed by atoms with Crippen LogP contribution in [0.5, 0.6) is 6.01 Å². The highest BCUT2D eigenvalue weighted by atomic mass is 35.5. The zero-order chi connectivity index (χ0) is 30.0. The molecule has 2 bridgehead atoms. The number of anilines is 2. The maximum atomic E-state index is 16.5. The second kappa shape index (κ2) is 10.4. The Balaban J connectivity index is 1.50. The summed E-state index contributed by atoms with van der Waals surface area (Å²) in [4.78, 5) is 26.6. The highest BCUT2D eigenvalue weighted by Crippen LogP contribution is 2.45. The van der Waals surface area contributed by atoms with Crippen molar-refractivity contribution in [3.8, 4) is 17.3 Å². The number of nitrogen functional groups attached to an aromatic ring is 1. The number of halogens is 5. The molecule has 3 unspecified atom stereocenters. The quantitative estimate of drug-likeness (QED) is 0.360. The topological polar surface area (TPSA) is 118 Å². The number of aromatic nitrogens is 3. The summed E-state index contributed by atoms with van der Waals surface area (Å²) in [5.41, 5.74) is 2.55. The average molecular weight is 608 g/mol. The summed E-state index contributed by atoms with van der Waals surface area (Å²) in [5, 5.41) is 6.34. The number of hydrogen-bond donors (Lipinski definition) is 3. The first-order valence-electron chi connectivity index (χ1n) is 13.8. The van der Waals surface area contributed by atoms with Gasteiger partial charge in [0.05, 0.1) is 28.5 Å². The fourth-order valence-corrected chi connectivity index (χ4v) is 6.44. The molecule has 3 atom stereocenters. The number of hydrogen-bond acceptors (Lipinski definition) is 8. The van der Waals surface area contributed by atoms with Crippen LogP contribution in [0, 0.1) is 18.2 Å².